The molecule has 0 unspecified atom stereocenters. The summed E-state index contributed by atoms with van der Waals surface area (Å²) >= 11 is 0. The van der Waals surface area contributed by atoms with Crippen LogP contribution < -0.4 is 0 Å². The fourth-order valence-electron chi connectivity index (χ4n) is 11.0. The lowest BCUT2D eigenvalue weighted by Gasteiger charge is -2.24. The van der Waals surface area contributed by atoms with Crippen LogP contribution in [0.15, 0.2) is 289 Å². The standard InChI is InChI=1S/C80H50N2/c1-5-55-29-37-65(38-30-55)77-71(59-21-13-9-14-22-59)53-73(75(63-25-17-11-18-26-63)79(77)67-41-33-57(7-3)34-42-67)61-45-49-69(50-46-61)81-82-70-51-47-62(48-52-70)74-54-72(60-23-15-10-16-24-60)78(66-39-31-56(6-2)32-40-66)80(68-43-35-58(8-4)36-44-68)76(74)64-27-19-12-20-28-64/h1-4,9-54H. The molecule has 0 bridgehead atoms. The van der Waals surface area contributed by atoms with Gasteiger partial charge in [0.2, 0.25) is 0 Å². The SMILES string of the molecule is C#Cc1ccc(-c2c(-c3ccccc3)cc(-c3ccc(N=Nc4ccc(-c5cc(-c6ccccc6)c(-c6ccc(C#C)cc6)c(-c6ccc(C#C)cc6)c5-c5ccccc5)cc4)cc3)c(-c3ccccc3)c2-c2ccc(C#C)cc2)cc1. The highest BCUT2D eigenvalue weighted by Crippen LogP contribution is 2.52. The van der Waals surface area contributed by atoms with Gasteiger partial charge in [-0.25, -0.2) is 0 Å². The van der Waals surface area contributed by atoms with Gasteiger partial charge in [-0.3, -0.25) is 0 Å². The second-order valence-corrected chi connectivity index (χ2v) is 19.8. The Balaban J connectivity index is 0.973. The molecule has 12 aromatic rings. The predicted octanol–water partition coefficient (Wildman–Crippen LogP) is 20.7. The van der Waals surface area contributed by atoms with Crippen molar-refractivity contribution in [1.82, 2.24) is 0 Å². The lowest BCUT2D eigenvalue weighted by molar-refractivity contribution is 1.23. The molecule has 82 heavy (non-hydrogen) atoms. The molecule has 0 aromatic heterocycles. The van der Waals surface area contributed by atoms with Gasteiger partial charge >= 0.3 is 0 Å². The van der Waals surface area contributed by atoms with Crippen molar-refractivity contribution < 1.29 is 0 Å². The minimum Gasteiger partial charge on any atom is -0.151 e. The molecule has 0 heterocycles. The molecule has 380 valence electrons. The zero-order valence-electron chi connectivity index (χ0n) is 44.8. The molecule has 0 saturated heterocycles. The van der Waals surface area contributed by atoms with Crippen molar-refractivity contribution in [3.63, 3.8) is 0 Å². The monoisotopic (exact) mass is 1040 g/mol. The first-order chi connectivity index (χ1) is 40.5. The highest BCUT2D eigenvalue weighted by molar-refractivity contribution is 6.09. The molecule has 0 radical (unpaired) electrons. The summed E-state index contributed by atoms with van der Waals surface area (Å²) in [7, 11) is 0. The van der Waals surface area contributed by atoms with Gasteiger partial charge in [0.1, 0.15) is 0 Å². The number of azo groups is 1. The van der Waals surface area contributed by atoms with E-state index in [2.05, 4.69) is 230 Å². The second-order valence-electron chi connectivity index (χ2n) is 19.8. The highest BCUT2D eigenvalue weighted by Gasteiger charge is 2.26. The van der Waals surface area contributed by atoms with Gasteiger partial charge in [0.05, 0.1) is 11.4 Å². The van der Waals surface area contributed by atoms with E-state index < -0.39 is 0 Å². The lowest BCUT2D eigenvalue weighted by atomic mass is 9.78. The molecule has 0 amide bonds. The molecule has 12 aromatic carbocycles. The minimum absolute atomic E-state index is 0.720. The molecular weight excluding hydrogens is 989 g/mol. The van der Waals surface area contributed by atoms with Crippen LogP contribution in [0.2, 0.25) is 0 Å². The topological polar surface area (TPSA) is 24.7 Å². The molecule has 0 N–H and O–H groups in total. The molecule has 0 atom stereocenters. The second kappa shape index (κ2) is 23.2. The van der Waals surface area contributed by atoms with Gasteiger partial charge in [-0.15, -0.1) is 25.7 Å². The Morgan fingerprint density at radius 1 is 0.195 bits per heavy atom. The summed E-state index contributed by atoms with van der Waals surface area (Å²) in [5, 5.41) is 9.64. The first-order valence-corrected chi connectivity index (χ1v) is 27.0. The first-order valence-electron chi connectivity index (χ1n) is 27.0. The number of hydrogen-bond donors (Lipinski definition) is 0. The smallest absolute Gasteiger partial charge is 0.0857 e. The van der Waals surface area contributed by atoms with Crippen molar-refractivity contribution in [3.8, 4) is 161 Å². The zero-order chi connectivity index (χ0) is 55.8. The Kier molecular flexibility index (Phi) is 14.5. The summed E-state index contributed by atoms with van der Waals surface area (Å²) < 4.78 is 0. The third-order valence-corrected chi connectivity index (χ3v) is 14.9. The number of terminal acetylenes is 4. The van der Waals surface area contributed by atoms with Crippen LogP contribution in [-0.2, 0) is 0 Å². The molecule has 0 spiro atoms. The Labute approximate surface area is 480 Å². The summed E-state index contributed by atoms with van der Waals surface area (Å²) in [6, 6.07) is 96.8. The van der Waals surface area contributed by atoms with E-state index in [1.807, 2.05) is 72.8 Å². The van der Waals surface area contributed by atoms with Gasteiger partial charge in [0.25, 0.3) is 0 Å². The summed E-state index contributed by atoms with van der Waals surface area (Å²) in [6.07, 6.45) is 23.6. The van der Waals surface area contributed by atoms with E-state index in [1.54, 1.807) is 0 Å². The largest absolute Gasteiger partial charge is 0.151 e. The summed E-state index contributed by atoms with van der Waals surface area (Å²) in [6.45, 7) is 0. The average molecular weight is 1040 g/mol. The summed E-state index contributed by atoms with van der Waals surface area (Å²) in [4.78, 5) is 0. The molecule has 2 nitrogen and oxygen atoms in total. The normalized spacial score (nSPS) is 10.8. The van der Waals surface area contributed by atoms with Crippen LogP contribution >= 0.6 is 0 Å². The molecule has 0 fully saturated rings. The lowest BCUT2D eigenvalue weighted by Crippen LogP contribution is -1.98. The summed E-state index contributed by atoms with van der Waals surface area (Å²) in [5.41, 5.74) is 26.1. The van der Waals surface area contributed by atoms with E-state index >= 15 is 0 Å². The van der Waals surface area contributed by atoms with E-state index in [9.17, 15) is 0 Å². The molecule has 0 saturated carbocycles. The van der Waals surface area contributed by atoms with Crippen molar-refractivity contribution in [2.75, 3.05) is 0 Å². The Hall–Kier alpha value is -11.5. The van der Waals surface area contributed by atoms with E-state index in [-0.39, 0.29) is 0 Å². The fraction of sp³-hybridized carbons (Fsp3) is 0. The van der Waals surface area contributed by atoms with Crippen molar-refractivity contribution in [2.45, 2.75) is 0 Å². The van der Waals surface area contributed by atoms with Gasteiger partial charge in [-0.05, 0) is 196 Å². The maximum absolute atomic E-state index is 5.91. The Morgan fingerprint density at radius 2 is 0.390 bits per heavy atom. The van der Waals surface area contributed by atoms with Crippen LogP contribution in [0.25, 0.3) is 111 Å². The molecule has 0 aliphatic carbocycles. The molecule has 12 rings (SSSR count). The third kappa shape index (κ3) is 10.4. The molecule has 0 aliphatic rings. The maximum Gasteiger partial charge on any atom is 0.0857 e. The van der Waals surface area contributed by atoms with E-state index in [4.69, 9.17) is 35.9 Å². The van der Waals surface area contributed by atoms with Crippen LogP contribution in [0, 0.1) is 49.4 Å². The zero-order valence-corrected chi connectivity index (χ0v) is 44.8. The third-order valence-electron chi connectivity index (χ3n) is 14.9. The van der Waals surface area contributed by atoms with Crippen LogP contribution in [0.4, 0.5) is 11.4 Å². The van der Waals surface area contributed by atoms with Crippen LogP contribution in [0.1, 0.15) is 22.3 Å². The van der Waals surface area contributed by atoms with Gasteiger partial charge in [0.15, 0.2) is 0 Å². The fourth-order valence-corrected chi connectivity index (χ4v) is 11.0. The van der Waals surface area contributed by atoms with E-state index in [0.717, 1.165) is 145 Å². The molecule has 2 heteroatoms. The number of benzene rings is 12. The van der Waals surface area contributed by atoms with Crippen LogP contribution in [0.3, 0.4) is 0 Å². The van der Waals surface area contributed by atoms with Crippen molar-refractivity contribution in [2.24, 2.45) is 10.2 Å². The van der Waals surface area contributed by atoms with E-state index in [0.29, 0.717) is 0 Å². The Bertz CT molecular complexity index is 4180. The van der Waals surface area contributed by atoms with Gasteiger partial charge < -0.3 is 0 Å². The van der Waals surface area contributed by atoms with Crippen molar-refractivity contribution in [1.29, 1.82) is 0 Å². The van der Waals surface area contributed by atoms with Gasteiger partial charge in [-0.2, -0.15) is 10.2 Å². The summed E-state index contributed by atoms with van der Waals surface area (Å²) in [5.74, 6) is 11.2. The number of hydrogen-bond acceptors (Lipinski definition) is 2. The van der Waals surface area contributed by atoms with Crippen LogP contribution in [-0.4, -0.2) is 0 Å². The van der Waals surface area contributed by atoms with Crippen molar-refractivity contribution in [3.05, 3.63) is 301 Å². The number of rotatable bonds is 12. The van der Waals surface area contributed by atoms with E-state index in [1.165, 1.54) is 0 Å². The Morgan fingerprint density at radius 3 is 0.634 bits per heavy atom. The maximum atomic E-state index is 5.91. The highest BCUT2D eigenvalue weighted by atomic mass is 15.1. The first kappa shape index (κ1) is 51.2. The quantitative estimate of drug-likeness (QED) is 0.0861. The van der Waals surface area contributed by atoms with Crippen LogP contribution in [0.5, 0.6) is 0 Å². The number of nitrogens with zero attached hydrogens (tertiary/aromatic N) is 2. The van der Waals surface area contributed by atoms with Gasteiger partial charge in [0, 0.05) is 22.3 Å². The van der Waals surface area contributed by atoms with Gasteiger partial charge in [-0.1, -0.05) is 218 Å². The minimum atomic E-state index is 0.720. The predicted molar refractivity (Wildman–Crippen MR) is 343 cm³/mol. The average Bonchev–Trinajstić information content (AvgIpc) is 3.75. The molecule has 0 aliphatic heterocycles. The molecular formula is C80H50N2. The van der Waals surface area contributed by atoms with Crippen molar-refractivity contribution >= 4 is 11.4 Å².